The fourth-order valence-electron chi connectivity index (χ4n) is 5.96. The van der Waals surface area contributed by atoms with E-state index in [9.17, 15) is 9.59 Å². The van der Waals surface area contributed by atoms with E-state index in [0.717, 1.165) is 38.0 Å². The van der Waals surface area contributed by atoms with Crippen LogP contribution in [0.1, 0.15) is 32.0 Å². The van der Waals surface area contributed by atoms with E-state index in [1.54, 1.807) is 0 Å². The van der Waals surface area contributed by atoms with Crippen LogP contribution < -0.4 is 0 Å². The summed E-state index contributed by atoms with van der Waals surface area (Å²) in [6.07, 6.45) is 0. The molecule has 5 heteroatoms. The van der Waals surface area contributed by atoms with Gasteiger partial charge in [0.15, 0.2) is 11.6 Å². The maximum absolute atomic E-state index is 14.1. The molecular weight excluding hydrogens is 512 g/mol. The largest absolute Gasteiger partial charge is 0.294 e. The molecule has 2 aliphatic rings. The minimum Gasteiger partial charge on any atom is -0.294 e. The molecule has 1 spiro atoms. The molecule has 1 saturated carbocycles. The van der Waals surface area contributed by atoms with Crippen molar-refractivity contribution < 1.29 is 9.59 Å². The van der Waals surface area contributed by atoms with Gasteiger partial charge in [0.2, 0.25) is 0 Å². The molecule has 172 valence electrons. The molecule has 1 aromatic heterocycles. The number of hydrogen-bond donors (Lipinski definition) is 0. The fourth-order valence-corrected chi connectivity index (χ4v) is 6.23. The molecule has 1 heterocycles. The van der Waals surface area contributed by atoms with Crippen LogP contribution in [-0.2, 0) is 5.41 Å². The number of nitrogens with zero attached hydrogens (tertiary/aromatic N) is 2. The molecule has 0 unspecified atom stereocenters. The third-order valence-corrected chi connectivity index (χ3v) is 8.08. The van der Waals surface area contributed by atoms with Gasteiger partial charge in [-0.15, -0.1) is 0 Å². The van der Waals surface area contributed by atoms with Gasteiger partial charge in [0.1, 0.15) is 0 Å². The molecule has 2 aliphatic carbocycles. The zero-order valence-electron chi connectivity index (χ0n) is 19.1. The van der Waals surface area contributed by atoms with Gasteiger partial charge in [-0.25, -0.2) is 9.97 Å². The molecule has 7 rings (SSSR count). The number of Topliss-reactive ketones (excluding diaryl/α,β-unsaturated/α-hetero) is 2. The van der Waals surface area contributed by atoms with Gasteiger partial charge in [-0.3, -0.25) is 9.59 Å². The van der Waals surface area contributed by atoms with Crippen LogP contribution in [0.2, 0.25) is 0 Å². The first kappa shape index (κ1) is 21.3. The van der Waals surface area contributed by atoms with E-state index in [-0.39, 0.29) is 11.6 Å². The van der Waals surface area contributed by atoms with Crippen molar-refractivity contribution in [2.45, 2.75) is 5.41 Å². The van der Waals surface area contributed by atoms with Crippen LogP contribution in [0.3, 0.4) is 0 Å². The summed E-state index contributed by atoms with van der Waals surface area (Å²) in [5, 5.41) is 0. The van der Waals surface area contributed by atoms with Crippen LogP contribution in [0.5, 0.6) is 0 Å². The van der Waals surface area contributed by atoms with Crippen molar-refractivity contribution in [3.05, 3.63) is 130 Å². The third-order valence-electron chi connectivity index (χ3n) is 7.55. The molecule has 3 atom stereocenters. The average Bonchev–Trinajstić information content (AvgIpc) is 3.55. The molecule has 0 aliphatic heterocycles. The second-order valence-corrected chi connectivity index (χ2v) is 10.3. The first-order valence-electron chi connectivity index (χ1n) is 11.9. The lowest BCUT2D eigenvalue weighted by atomic mass is 9.89. The minimum absolute atomic E-state index is 0.0383. The molecule has 0 amide bonds. The van der Waals surface area contributed by atoms with Crippen LogP contribution in [0.15, 0.2) is 108 Å². The highest BCUT2D eigenvalue weighted by molar-refractivity contribution is 9.10. The number of carbonyl (C=O) groups excluding carboxylic acids is 2. The number of carbonyl (C=O) groups is 2. The Morgan fingerprint density at radius 3 is 1.89 bits per heavy atom. The first-order valence-corrected chi connectivity index (χ1v) is 12.7. The molecule has 4 nitrogen and oxygen atoms in total. The highest BCUT2D eigenvalue weighted by Gasteiger charge is 2.76. The summed E-state index contributed by atoms with van der Waals surface area (Å²) in [5.74, 6) is -1.21. The molecule has 0 saturated heterocycles. The Balaban J connectivity index is 1.49. The predicted octanol–water partition coefficient (Wildman–Crippen LogP) is 6.67. The van der Waals surface area contributed by atoms with Crippen molar-refractivity contribution in [1.82, 2.24) is 9.97 Å². The van der Waals surface area contributed by atoms with E-state index in [1.807, 2.05) is 103 Å². The Morgan fingerprint density at radius 1 is 0.639 bits per heavy atom. The number of rotatable bonds is 4. The molecule has 36 heavy (non-hydrogen) atoms. The lowest BCUT2D eigenvalue weighted by Gasteiger charge is -2.14. The maximum Gasteiger partial charge on any atom is 0.168 e. The standard InChI is InChI=1S/C31H19BrN2O2/c32-20-16-14-19(15-17-20)29(36)26-25(28(35)18-8-2-1-3-9-18)31(26)22-11-5-4-10-21(22)27-30(31)34-24-13-7-6-12-23(24)33-27/h1-17,25-26H/t25-,26-,31+/m0/s1. The van der Waals surface area contributed by atoms with Crippen molar-refractivity contribution in [3.8, 4) is 11.3 Å². The van der Waals surface area contributed by atoms with Gasteiger partial charge in [0, 0.05) is 33.0 Å². The van der Waals surface area contributed by atoms with Gasteiger partial charge in [0.25, 0.3) is 0 Å². The van der Waals surface area contributed by atoms with E-state index in [1.165, 1.54) is 0 Å². The molecular formula is C31H19BrN2O2. The van der Waals surface area contributed by atoms with E-state index < -0.39 is 17.3 Å². The Kier molecular flexibility index (Phi) is 4.60. The summed E-state index contributed by atoms with van der Waals surface area (Å²) in [4.78, 5) is 38.2. The number of para-hydroxylation sites is 2. The zero-order chi connectivity index (χ0) is 24.4. The van der Waals surface area contributed by atoms with Crippen LogP contribution in [0.4, 0.5) is 0 Å². The van der Waals surface area contributed by atoms with E-state index in [4.69, 9.17) is 9.97 Å². The minimum atomic E-state index is -0.847. The Labute approximate surface area is 216 Å². The number of halogens is 1. The SMILES string of the molecule is O=C(c1ccccc1)[C@@H]1[C@@H](C(=O)c2ccc(Br)cc2)[C@@]12c1ccccc1-c1nc3ccccc3nc12. The quantitative estimate of drug-likeness (QED) is 0.243. The van der Waals surface area contributed by atoms with Crippen molar-refractivity contribution in [3.63, 3.8) is 0 Å². The summed E-state index contributed by atoms with van der Waals surface area (Å²) < 4.78 is 0.898. The van der Waals surface area contributed by atoms with Gasteiger partial charge in [-0.2, -0.15) is 0 Å². The zero-order valence-corrected chi connectivity index (χ0v) is 20.6. The molecule has 4 aromatic carbocycles. The smallest absolute Gasteiger partial charge is 0.168 e. The lowest BCUT2D eigenvalue weighted by Crippen LogP contribution is -2.18. The van der Waals surface area contributed by atoms with Gasteiger partial charge >= 0.3 is 0 Å². The number of ketones is 2. The number of hydrogen-bond acceptors (Lipinski definition) is 4. The van der Waals surface area contributed by atoms with E-state index >= 15 is 0 Å². The second-order valence-electron chi connectivity index (χ2n) is 9.38. The normalized spacial score (nSPS) is 21.2. The Morgan fingerprint density at radius 2 is 1.19 bits per heavy atom. The number of aromatic nitrogens is 2. The Hall–Kier alpha value is -3.96. The van der Waals surface area contributed by atoms with E-state index in [0.29, 0.717) is 11.1 Å². The second kappa shape index (κ2) is 7.77. The highest BCUT2D eigenvalue weighted by Crippen LogP contribution is 2.70. The summed E-state index contributed by atoms with van der Waals surface area (Å²) in [6, 6.07) is 32.4. The van der Waals surface area contributed by atoms with Crippen LogP contribution in [0.25, 0.3) is 22.3 Å². The lowest BCUT2D eigenvalue weighted by molar-refractivity contribution is 0.0906. The average molecular weight is 531 g/mol. The van der Waals surface area contributed by atoms with Gasteiger partial charge in [-0.05, 0) is 29.8 Å². The number of benzene rings is 4. The topological polar surface area (TPSA) is 59.9 Å². The van der Waals surface area contributed by atoms with Crippen molar-refractivity contribution in [2.24, 2.45) is 11.8 Å². The predicted molar refractivity (Wildman–Crippen MR) is 142 cm³/mol. The van der Waals surface area contributed by atoms with Crippen LogP contribution in [0, 0.1) is 11.8 Å². The summed E-state index contributed by atoms with van der Waals surface area (Å²) in [7, 11) is 0. The Bertz CT molecular complexity index is 1700. The summed E-state index contributed by atoms with van der Waals surface area (Å²) in [6.45, 7) is 0. The monoisotopic (exact) mass is 530 g/mol. The molecule has 1 fully saturated rings. The molecule has 0 bridgehead atoms. The van der Waals surface area contributed by atoms with Gasteiger partial charge in [-0.1, -0.05) is 94.8 Å². The van der Waals surface area contributed by atoms with Gasteiger partial charge in [0.05, 0.1) is 27.8 Å². The summed E-state index contributed by atoms with van der Waals surface area (Å²) >= 11 is 3.45. The first-order chi connectivity index (χ1) is 17.6. The molecule has 0 radical (unpaired) electrons. The van der Waals surface area contributed by atoms with Crippen LogP contribution >= 0.6 is 15.9 Å². The maximum atomic E-state index is 14.1. The van der Waals surface area contributed by atoms with E-state index in [2.05, 4.69) is 15.9 Å². The summed E-state index contributed by atoms with van der Waals surface area (Å²) in [5.41, 5.74) is 5.30. The molecule has 0 N–H and O–H groups in total. The fraction of sp³-hybridized carbons (Fsp3) is 0.0968. The molecule has 5 aromatic rings. The highest BCUT2D eigenvalue weighted by atomic mass is 79.9. The van der Waals surface area contributed by atoms with Crippen molar-refractivity contribution >= 4 is 38.5 Å². The van der Waals surface area contributed by atoms with Crippen LogP contribution in [-0.4, -0.2) is 21.5 Å². The van der Waals surface area contributed by atoms with Crippen molar-refractivity contribution in [1.29, 1.82) is 0 Å². The number of fused-ring (bicyclic) bond motifs is 6. The van der Waals surface area contributed by atoms with Crippen molar-refractivity contribution in [2.75, 3.05) is 0 Å². The third kappa shape index (κ3) is 2.86. The van der Waals surface area contributed by atoms with Gasteiger partial charge < -0.3 is 0 Å².